The van der Waals surface area contributed by atoms with E-state index in [0.717, 1.165) is 0 Å². The lowest BCUT2D eigenvalue weighted by Crippen LogP contribution is -2.09. The minimum absolute atomic E-state index is 0.175. The predicted octanol–water partition coefficient (Wildman–Crippen LogP) is 1.16. The highest BCUT2D eigenvalue weighted by Gasteiger charge is 2.15. The van der Waals surface area contributed by atoms with Crippen LogP contribution in [0.25, 0.3) is 0 Å². The van der Waals surface area contributed by atoms with Gasteiger partial charge in [-0.2, -0.15) is 4.99 Å². The average molecular weight is 181 g/mol. The Bertz CT molecular complexity index is 287. The van der Waals surface area contributed by atoms with E-state index < -0.39 is 0 Å². The Balaban J connectivity index is 2.81. The van der Waals surface area contributed by atoms with Gasteiger partial charge in [-0.1, -0.05) is 0 Å². The van der Waals surface area contributed by atoms with Gasteiger partial charge in [0.05, 0.1) is 20.3 Å². The van der Waals surface area contributed by atoms with Crippen molar-refractivity contribution in [3.05, 3.63) is 23.7 Å². The van der Waals surface area contributed by atoms with Crippen molar-refractivity contribution >= 4 is 6.08 Å². The molecule has 0 heterocycles. The Morgan fingerprint density at radius 1 is 1.46 bits per heavy atom. The molecule has 70 valence electrons. The second-order valence-corrected chi connectivity index (χ2v) is 2.53. The van der Waals surface area contributed by atoms with Crippen LogP contribution >= 0.6 is 0 Å². The molecule has 0 saturated carbocycles. The predicted molar refractivity (Wildman–Crippen MR) is 46.7 cm³/mol. The SMILES string of the molecule is COC1=CCC(N=C=O)C=C1OC. The Hall–Kier alpha value is -1.54. The molecule has 1 aliphatic carbocycles. The zero-order chi connectivity index (χ0) is 9.68. The molecular formula is C9H11NO3. The minimum Gasteiger partial charge on any atom is -0.493 e. The lowest BCUT2D eigenvalue weighted by molar-refractivity contribution is 0.214. The fourth-order valence-corrected chi connectivity index (χ4v) is 1.16. The van der Waals surface area contributed by atoms with E-state index in [1.807, 2.05) is 6.08 Å². The van der Waals surface area contributed by atoms with Crippen molar-refractivity contribution in [2.24, 2.45) is 4.99 Å². The molecule has 0 radical (unpaired) electrons. The van der Waals surface area contributed by atoms with Crippen molar-refractivity contribution in [1.29, 1.82) is 0 Å². The summed E-state index contributed by atoms with van der Waals surface area (Å²) >= 11 is 0. The van der Waals surface area contributed by atoms with Crippen LogP contribution in [0.3, 0.4) is 0 Å². The normalized spacial score (nSPS) is 20.9. The maximum atomic E-state index is 10.0. The number of aliphatic imine (C=N–C) groups is 1. The molecule has 0 aliphatic heterocycles. The van der Waals surface area contributed by atoms with E-state index in [4.69, 9.17) is 9.47 Å². The summed E-state index contributed by atoms with van der Waals surface area (Å²) in [4.78, 5) is 13.6. The summed E-state index contributed by atoms with van der Waals surface area (Å²) in [6, 6.07) is -0.175. The molecular weight excluding hydrogens is 170 g/mol. The zero-order valence-electron chi connectivity index (χ0n) is 7.61. The van der Waals surface area contributed by atoms with E-state index in [9.17, 15) is 4.79 Å². The number of hydrogen-bond acceptors (Lipinski definition) is 4. The van der Waals surface area contributed by atoms with E-state index in [-0.39, 0.29) is 6.04 Å². The van der Waals surface area contributed by atoms with Crippen molar-refractivity contribution in [3.63, 3.8) is 0 Å². The summed E-state index contributed by atoms with van der Waals surface area (Å²) in [7, 11) is 3.12. The van der Waals surface area contributed by atoms with Crippen molar-refractivity contribution in [3.8, 4) is 0 Å². The third-order valence-electron chi connectivity index (χ3n) is 1.79. The van der Waals surface area contributed by atoms with Gasteiger partial charge in [0, 0.05) is 0 Å². The molecule has 1 aliphatic rings. The van der Waals surface area contributed by atoms with Gasteiger partial charge >= 0.3 is 0 Å². The number of ether oxygens (including phenoxy) is 2. The van der Waals surface area contributed by atoms with Gasteiger partial charge in [-0.05, 0) is 18.6 Å². The number of nitrogens with zero attached hydrogens (tertiary/aromatic N) is 1. The third-order valence-corrected chi connectivity index (χ3v) is 1.79. The Kier molecular flexibility index (Phi) is 3.29. The van der Waals surface area contributed by atoms with Crippen LogP contribution in [-0.2, 0) is 14.3 Å². The van der Waals surface area contributed by atoms with E-state index in [1.54, 1.807) is 20.3 Å². The second kappa shape index (κ2) is 4.48. The molecule has 0 N–H and O–H groups in total. The van der Waals surface area contributed by atoms with Crippen LogP contribution in [0.1, 0.15) is 6.42 Å². The summed E-state index contributed by atoms with van der Waals surface area (Å²) in [6.45, 7) is 0. The number of carbonyl (C=O) groups excluding carboxylic acids is 1. The number of methoxy groups -OCH3 is 2. The van der Waals surface area contributed by atoms with Crippen LogP contribution in [0.4, 0.5) is 0 Å². The second-order valence-electron chi connectivity index (χ2n) is 2.53. The molecule has 0 amide bonds. The van der Waals surface area contributed by atoms with Gasteiger partial charge < -0.3 is 9.47 Å². The van der Waals surface area contributed by atoms with Gasteiger partial charge in [0.25, 0.3) is 0 Å². The molecule has 0 fully saturated rings. The largest absolute Gasteiger partial charge is 0.493 e. The van der Waals surface area contributed by atoms with Gasteiger partial charge in [-0.3, -0.25) is 0 Å². The summed E-state index contributed by atoms with van der Waals surface area (Å²) in [5.41, 5.74) is 0. The fraction of sp³-hybridized carbons (Fsp3) is 0.444. The first-order valence-electron chi connectivity index (χ1n) is 3.89. The van der Waals surface area contributed by atoms with E-state index in [1.165, 1.54) is 6.08 Å². The van der Waals surface area contributed by atoms with Crippen LogP contribution < -0.4 is 0 Å². The zero-order valence-corrected chi connectivity index (χ0v) is 7.61. The van der Waals surface area contributed by atoms with Crippen molar-refractivity contribution in [1.82, 2.24) is 0 Å². The fourth-order valence-electron chi connectivity index (χ4n) is 1.16. The standard InChI is InChI=1S/C9H11NO3/c1-12-8-4-3-7(10-6-11)5-9(8)13-2/h4-5,7H,3H2,1-2H3. The van der Waals surface area contributed by atoms with Crippen LogP contribution in [0.2, 0.25) is 0 Å². The molecule has 4 heteroatoms. The lowest BCUT2D eigenvalue weighted by Gasteiger charge is -2.16. The molecule has 13 heavy (non-hydrogen) atoms. The van der Waals surface area contributed by atoms with E-state index in [2.05, 4.69) is 4.99 Å². The highest BCUT2D eigenvalue weighted by Crippen LogP contribution is 2.21. The maximum Gasteiger partial charge on any atom is 0.235 e. The Morgan fingerprint density at radius 3 is 2.69 bits per heavy atom. The van der Waals surface area contributed by atoms with Gasteiger partial charge in [0.1, 0.15) is 0 Å². The van der Waals surface area contributed by atoms with Crippen molar-refractivity contribution in [2.75, 3.05) is 14.2 Å². The van der Waals surface area contributed by atoms with Gasteiger partial charge in [-0.25, -0.2) is 4.79 Å². The van der Waals surface area contributed by atoms with Crippen LogP contribution in [-0.4, -0.2) is 26.3 Å². The van der Waals surface area contributed by atoms with Gasteiger partial charge in [0.2, 0.25) is 6.08 Å². The number of rotatable bonds is 3. The molecule has 0 spiro atoms. The summed E-state index contributed by atoms with van der Waals surface area (Å²) < 4.78 is 10.1. The van der Waals surface area contributed by atoms with Gasteiger partial charge in [-0.15, -0.1) is 0 Å². The monoisotopic (exact) mass is 181 g/mol. The molecule has 0 aromatic carbocycles. The Labute approximate surface area is 76.6 Å². The van der Waals surface area contributed by atoms with Crippen LogP contribution in [0, 0.1) is 0 Å². The molecule has 1 atom stereocenters. The molecule has 0 saturated heterocycles. The number of isocyanates is 1. The summed E-state index contributed by atoms with van der Waals surface area (Å²) in [5.74, 6) is 1.29. The topological polar surface area (TPSA) is 47.9 Å². The quantitative estimate of drug-likeness (QED) is 0.484. The molecule has 0 bridgehead atoms. The lowest BCUT2D eigenvalue weighted by atomic mass is 10.1. The minimum atomic E-state index is -0.175. The maximum absolute atomic E-state index is 10.0. The van der Waals surface area contributed by atoms with E-state index in [0.29, 0.717) is 17.9 Å². The molecule has 4 nitrogen and oxygen atoms in total. The van der Waals surface area contributed by atoms with Gasteiger partial charge in [0.15, 0.2) is 11.5 Å². The van der Waals surface area contributed by atoms with Crippen molar-refractivity contribution in [2.45, 2.75) is 12.5 Å². The van der Waals surface area contributed by atoms with Crippen LogP contribution in [0.15, 0.2) is 28.7 Å². The summed E-state index contributed by atoms with van der Waals surface area (Å²) in [6.07, 6.45) is 5.74. The molecule has 0 aromatic heterocycles. The third kappa shape index (κ3) is 2.20. The smallest absolute Gasteiger partial charge is 0.235 e. The number of hydrogen-bond donors (Lipinski definition) is 0. The molecule has 1 unspecified atom stereocenters. The van der Waals surface area contributed by atoms with E-state index >= 15 is 0 Å². The Morgan fingerprint density at radius 2 is 2.15 bits per heavy atom. The highest BCUT2D eigenvalue weighted by atomic mass is 16.5. The first kappa shape index (κ1) is 9.55. The molecule has 1 rings (SSSR count). The first-order chi connectivity index (χ1) is 6.31. The van der Waals surface area contributed by atoms with Crippen LogP contribution in [0.5, 0.6) is 0 Å². The summed E-state index contributed by atoms with van der Waals surface area (Å²) in [5, 5.41) is 0. The first-order valence-corrected chi connectivity index (χ1v) is 3.89. The molecule has 0 aromatic rings. The van der Waals surface area contributed by atoms with Crippen molar-refractivity contribution < 1.29 is 14.3 Å². The average Bonchev–Trinajstić information content (AvgIpc) is 2.18. The highest BCUT2D eigenvalue weighted by molar-refractivity contribution is 5.36.